The van der Waals surface area contributed by atoms with Gasteiger partial charge in [0.15, 0.2) is 0 Å². The van der Waals surface area contributed by atoms with Gasteiger partial charge in [0, 0.05) is 19.1 Å². The summed E-state index contributed by atoms with van der Waals surface area (Å²) in [5.41, 5.74) is 2.12. The fourth-order valence-corrected chi connectivity index (χ4v) is 2.43. The quantitative estimate of drug-likeness (QED) is 0.869. The second kappa shape index (κ2) is 5.61. The summed E-state index contributed by atoms with van der Waals surface area (Å²) >= 11 is 0. The molecule has 2 nitrogen and oxygen atoms in total. The van der Waals surface area contributed by atoms with Crippen molar-refractivity contribution in [1.29, 1.82) is 0 Å². The molecule has 1 N–H and O–H groups in total. The average molecular weight is 237 g/mol. The predicted octanol–water partition coefficient (Wildman–Crippen LogP) is 2.82. The topological polar surface area (TPSA) is 21.3 Å². The van der Waals surface area contributed by atoms with Gasteiger partial charge < -0.3 is 10.1 Å². The molecule has 94 valence electrons. The van der Waals surface area contributed by atoms with Crippen LogP contribution in [0.2, 0.25) is 0 Å². The lowest BCUT2D eigenvalue weighted by Crippen LogP contribution is -2.24. The van der Waals surface area contributed by atoms with E-state index in [0.29, 0.717) is 5.92 Å². The highest BCUT2D eigenvalue weighted by Crippen LogP contribution is 2.35. The summed E-state index contributed by atoms with van der Waals surface area (Å²) in [7, 11) is 0. The van der Waals surface area contributed by atoms with E-state index in [0.717, 1.165) is 37.2 Å². The Labute approximate surface area is 102 Å². The first-order valence-electron chi connectivity index (χ1n) is 6.30. The second-order valence-electron chi connectivity index (χ2n) is 4.65. The van der Waals surface area contributed by atoms with Crippen molar-refractivity contribution in [1.82, 2.24) is 5.32 Å². The SMILES string of the molecule is CCNCC1CCOC1c1cc(F)ccc1C. The molecular weight excluding hydrogens is 217 g/mol. The van der Waals surface area contributed by atoms with E-state index in [2.05, 4.69) is 12.2 Å². The van der Waals surface area contributed by atoms with Gasteiger partial charge in [-0.15, -0.1) is 0 Å². The predicted molar refractivity (Wildman–Crippen MR) is 66.5 cm³/mol. The van der Waals surface area contributed by atoms with Crippen LogP contribution in [-0.2, 0) is 4.74 Å². The zero-order valence-corrected chi connectivity index (χ0v) is 10.5. The van der Waals surface area contributed by atoms with E-state index in [4.69, 9.17) is 4.74 Å². The van der Waals surface area contributed by atoms with Crippen molar-refractivity contribution < 1.29 is 9.13 Å². The van der Waals surface area contributed by atoms with Gasteiger partial charge in [0.05, 0.1) is 6.10 Å². The fraction of sp³-hybridized carbons (Fsp3) is 0.571. The molecule has 1 heterocycles. The molecule has 0 radical (unpaired) electrons. The maximum Gasteiger partial charge on any atom is 0.123 e. The van der Waals surface area contributed by atoms with Gasteiger partial charge in [-0.05, 0) is 43.1 Å². The zero-order valence-electron chi connectivity index (χ0n) is 10.5. The zero-order chi connectivity index (χ0) is 12.3. The molecule has 0 spiro atoms. The Morgan fingerprint density at radius 3 is 3.06 bits per heavy atom. The molecule has 0 amide bonds. The molecule has 1 saturated heterocycles. The van der Waals surface area contributed by atoms with Crippen LogP contribution in [0.5, 0.6) is 0 Å². The van der Waals surface area contributed by atoms with Crippen LogP contribution in [0.25, 0.3) is 0 Å². The molecule has 2 unspecified atom stereocenters. The van der Waals surface area contributed by atoms with E-state index in [1.54, 1.807) is 6.07 Å². The standard InChI is InChI=1S/C14H20FNO/c1-3-16-9-11-6-7-17-14(11)13-8-12(15)5-4-10(13)2/h4-5,8,11,14,16H,3,6-7,9H2,1-2H3. The van der Waals surface area contributed by atoms with Gasteiger partial charge in [-0.1, -0.05) is 13.0 Å². The minimum atomic E-state index is -0.177. The maximum atomic E-state index is 13.3. The largest absolute Gasteiger partial charge is 0.373 e. The number of benzene rings is 1. The number of ether oxygens (including phenoxy) is 1. The number of nitrogens with one attached hydrogen (secondary N) is 1. The molecule has 0 bridgehead atoms. The van der Waals surface area contributed by atoms with Crippen molar-refractivity contribution in [2.75, 3.05) is 19.7 Å². The Kier molecular flexibility index (Phi) is 4.13. The summed E-state index contributed by atoms with van der Waals surface area (Å²) in [6.07, 6.45) is 1.10. The van der Waals surface area contributed by atoms with Crippen LogP contribution in [-0.4, -0.2) is 19.7 Å². The Hall–Kier alpha value is -0.930. The first kappa shape index (κ1) is 12.5. The molecule has 0 aromatic heterocycles. The number of hydrogen-bond donors (Lipinski definition) is 1. The Bertz CT molecular complexity index is 380. The molecule has 1 aliphatic heterocycles. The number of hydrogen-bond acceptors (Lipinski definition) is 2. The van der Waals surface area contributed by atoms with Crippen LogP contribution < -0.4 is 5.32 Å². The first-order valence-corrected chi connectivity index (χ1v) is 6.30. The summed E-state index contributed by atoms with van der Waals surface area (Å²) < 4.78 is 19.1. The van der Waals surface area contributed by atoms with Crippen LogP contribution in [0.1, 0.15) is 30.6 Å². The van der Waals surface area contributed by atoms with Gasteiger partial charge in [-0.3, -0.25) is 0 Å². The van der Waals surface area contributed by atoms with Crippen LogP contribution in [0.4, 0.5) is 4.39 Å². The van der Waals surface area contributed by atoms with Gasteiger partial charge in [0.2, 0.25) is 0 Å². The first-order chi connectivity index (χ1) is 8.22. The molecule has 1 aliphatic rings. The Morgan fingerprint density at radius 1 is 1.47 bits per heavy atom. The number of halogens is 1. The summed E-state index contributed by atoms with van der Waals surface area (Å²) in [6.45, 7) is 6.79. The summed E-state index contributed by atoms with van der Waals surface area (Å²) in [5, 5.41) is 3.35. The molecule has 0 saturated carbocycles. The van der Waals surface area contributed by atoms with Crippen LogP contribution in [0, 0.1) is 18.7 Å². The van der Waals surface area contributed by atoms with Crippen LogP contribution in [0.15, 0.2) is 18.2 Å². The minimum Gasteiger partial charge on any atom is -0.373 e. The Balaban J connectivity index is 2.16. The lowest BCUT2D eigenvalue weighted by Gasteiger charge is -2.21. The lowest BCUT2D eigenvalue weighted by atomic mass is 9.92. The number of rotatable bonds is 4. The maximum absolute atomic E-state index is 13.3. The van der Waals surface area contributed by atoms with Gasteiger partial charge in [-0.2, -0.15) is 0 Å². The van der Waals surface area contributed by atoms with Crippen molar-refractivity contribution >= 4 is 0 Å². The van der Waals surface area contributed by atoms with E-state index in [9.17, 15) is 4.39 Å². The summed E-state index contributed by atoms with van der Waals surface area (Å²) in [5.74, 6) is 0.277. The minimum absolute atomic E-state index is 0.0461. The Morgan fingerprint density at radius 2 is 2.29 bits per heavy atom. The summed E-state index contributed by atoms with van der Waals surface area (Å²) in [4.78, 5) is 0. The van der Waals surface area contributed by atoms with Crippen molar-refractivity contribution in [2.24, 2.45) is 5.92 Å². The normalized spacial score (nSPS) is 24.2. The highest BCUT2D eigenvalue weighted by atomic mass is 19.1. The average Bonchev–Trinajstić information content (AvgIpc) is 2.77. The monoisotopic (exact) mass is 237 g/mol. The molecule has 3 heteroatoms. The molecular formula is C14H20FNO. The van der Waals surface area contributed by atoms with E-state index in [-0.39, 0.29) is 11.9 Å². The third-order valence-corrected chi connectivity index (χ3v) is 3.42. The van der Waals surface area contributed by atoms with Gasteiger partial charge >= 0.3 is 0 Å². The van der Waals surface area contributed by atoms with Crippen molar-refractivity contribution in [3.63, 3.8) is 0 Å². The van der Waals surface area contributed by atoms with E-state index in [1.807, 2.05) is 13.0 Å². The fourth-order valence-electron chi connectivity index (χ4n) is 2.43. The number of aryl methyl sites for hydroxylation is 1. The van der Waals surface area contributed by atoms with E-state index in [1.165, 1.54) is 6.07 Å². The van der Waals surface area contributed by atoms with Crippen LogP contribution >= 0.6 is 0 Å². The smallest absolute Gasteiger partial charge is 0.123 e. The van der Waals surface area contributed by atoms with Gasteiger partial charge in [-0.25, -0.2) is 4.39 Å². The van der Waals surface area contributed by atoms with E-state index < -0.39 is 0 Å². The van der Waals surface area contributed by atoms with Crippen molar-refractivity contribution in [2.45, 2.75) is 26.4 Å². The molecule has 2 rings (SSSR count). The molecule has 2 atom stereocenters. The highest BCUT2D eigenvalue weighted by molar-refractivity contribution is 5.29. The third-order valence-electron chi connectivity index (χ3n) is 3.42. The third kappa shape index (κ3) is 2.85. The molecule has 1 fully saturated rings. The van der Waals surface area contributed by atoms with Crippen molar-refractivity contribution in [3.05, 3.63) is 35.1 Å². The summed E-state index contributed by atoms with van der Waals surface area (Å²) in [6, 6.07) is 4.95. The molecule has 1 aromatic rings. The van der Waals surface area contributed by atoms with Gasteiger partial charge in [0.25, 0.3) is 0 Å². The van der Waals surface area contributed by atoms with E-state index >= 15 is 0 Å². The highest BCUT2D eigenvalue weighted by Gasteiger charge is 2.30. The second-order valence-corrected chi connectivity index (χ2v) is 4.65. The van der Waals surface area contributed by atoms with Gasteiger partial charge in [0.1, 0.15) is 5.82 Å². The van der Waals surface area contributed by atoms with Crippen LogP contribution in [0.3, 0.4) is 0 Å². The molecule has 0 aliphatic carbocycles. The molecule has 17 heavy (non-hydrogen) atoms. The van der Waals surface area contributed by atoms with Crippen molar-refractivity contribution in [3.8, 4) is 0 Å². The lowest BCUT2D eigenvalue weighted by molar-refractivity contribution is 0.0899. The molecule has 1 aromatic carbocycles.